The monoisotopic (exact) mass is 276 g/mol. The average molecular weight is 276 g/mol. The van der Waals surface area contributed by atoms with E-state index in [9.17, 15) is 4.79 Å². The molecule has 0 bridgehead atoms. The number of aromatic nitrogens is 2. The summed E-state index contributed by atoms with van der Waals surface area (Å²) in [6, 6.07) is 1.45. The second-order valence-electron chi connectivity index (χ2n) is 4.84. The van der Waals surface area contributed by atoms with E-state index in [0.29, 0.717) is 24.6 Å². The fraction of sp³-hybridized carbons (Fsp3) is 0.462. The normalized spacial score (nSPS) is 22.9. The molecule has 0 unspecified atom stereocenters. The van der Waals surface area contributed by atoms with Crippen molar-refractivity contribution < 1.29 is 14.1 Å². The molecule has 3 rings (SSSR count). The summed E-state index contributed by atoms with van der Waals surface area (Å²) in [7, 11) is 0. The number of pyridine rings is 1. The van der Waals surface area contributed by atoms with E-state index < -0.39 is 0 Å². The summed E-state index contributed by atoms with van der Waals surface area (Å²) in [5, 5.41) is 10.6. The molecule has 0 spiro atoms. The molecule has 1 aliphatic rings. The lowest BCUT2D eigenvalue weighted by Gasteiger charge is -2.29. The summed E-state index contributed by atoms with van der Waals surface area (Å²) in [5.41, 5.74) is 1.83. The van der Waals surface area contributed by atoms with Gasteiger partial charge in [0.2, 0.25) is 5.91 Å². The van der Waals surface area contributed by atoms with Crippen molar-refractivity contribution in [1.29, 1.82) is 0 Å². The number of nitrogens with zero attached hydrogens (tertiary/aromatic N) is 2. The van der Waals surface area contributed by atoms with Gasteiger partial charge in [0.05, 0.1) is 35.7 Å². The van der Waals surface area contributed by atoms with Crippen molar-refractivity contribution in [2.24, 2.45) is 0 Å². The number of anilines is 1. The van der Waals surface area contributed by atoms with Gasteiger partial charge in [-0.1, -0.05) is 5.16 Å². The number of amides is 1. The minimum atomic E-state index is -0.358. The molecule has 0 radical (unpaired) electrons. The van der Waals surface area contributed by atoms with Gasteiger partial charge >= 0.3 is 0 Å². The Labute approximate surface area is 115 Å². The minimum absolute atomic E-state index is 0.132. The van der Waals surface area contributed by atoms with E-state index in [1.807, 2.05) is 13.8 Å². The van der Waals surface area contributed by atoms with E-state index in [1.54, 1.807) is 12.3 Å². The molecule has 3 heterocycles. The second-order valence-corrected chi connectivity index (χ2v) is 4.84. The highest BCUT2D eigenvalue weighted by molar-refractivity contribution is 5.96. The van der Waals surface area contributed by atoms with Crippen molar-refractivity contribution in [2.45, 2.75) is 26.0 Å². The molecule has 2 N–H and O–H groups in total. The van der Waals surface area contributed by atoms with E-state index in [1.165, 1.54) is 0 Å². The summed E-state index contributed by atoms with van der Waals surface area (Å²) in [4.78, 5) is 16.3. The lowest BCUT2D eigenvalue weighted by molar-refractivity contribution is -0.123. The van der Waals surface area contributed by atoms with E-state index >= 15 is 0 Å². The van der Waals surface area contributed by atoms with Crippen LogP contribution in [0.1, 0.15) is 12.6 Å². The summed E-state index contributed by atoms with van der Waals surface area (Å²) in [6.45, 7) is 5.00. The Morgan fingerprint density at radius 2 is 2.40 bits per heavy atom. The van der Waals surface area contributed by atoms with E-state index in [2.05, 4.69) is 20.8 Å². The van der Waals surface area contributed by atoms with Crippen molar-refractivity contribution in [2.75, 3.05) is 18.5 Å². The quantitative estimate of drug-likeness (QED) is 0.845. The molecule has 20 heavy (non-hydrogen) atoms. The number of ether oxygens (including phenoxy) is 1. The number of rotatable bonds is 2. The van der Waals surface area contributed by atoms with Crippen molar-refractivity contribution in [3.8, 4) is 0 Å². The first-order valence-electron chi connectivity index (χ1n) is 6.53. The highest BCUT2D eigenvalue weighted by atomic mass is 16.5. The van der Waals surface area contributed by atoms with Crippen LogP contribution in [0.4, 0.5) is 5.69 Å². The topological polar surface area (TPSA) is 89.3 Å². The largest absolute Gasteiger partial charge is 0.375 e. The van der Waals surface area contributed by atoms with Gasteiger partial charge in [-0.25, -0.2) is 4.98 Å². The zero-order chi connectivity index (χ0) is 14.1. The molecule has 1 fully saturated rings. The second kappa shape index (κ2) is 5.18. The van der Waals surface area contributed by atoms with Gasteiger partial charge in [-0.2, -0.15) is 0 Å². The lowest BCUT2D eigenvalue weighted by Crippen LogP contribution is -2.53. The van der Waals surface area contributed by atoms with Crippen molar-refractivity contribution >= 4 is 22.7 Å². The van der Waals surface area contributed by atoms with Gasteiger partial charge < -0.3 is 19.9 Å². The first-order valence-corrected chi connectivity index (χ1v) is 6.53. The molecule has 1 aliphatic heterocycles. The third-order valence-corrected chi connectivity index (χ3v) is 3.38. The Morgan fingerprint density at radius 3 is 3.20 bits per heavy atom. The molecule has 7 heteroatoms. The Bertz CT molecular complexity index is 640. The highest BCUT2D eigenvalue weighted by Gasteiger charge is 2.28. The van der Waals surface area contributed by atoms with Crippen molar-refractivity contribution in [3.63, 3.8) is 0 Å². The molecule has 106 valence electrons. The number of aryl methyl sites for hydroxylation is 1. The summed E-state index contributed by atoms with van der Waals surface area (Å²) in [6.07, 6.45) is 1.40. The van der Waals surface area contributed by atoms with Gasteiger partial charge in [0.1, 0.15) is 6.04 Å². The summed E-state index contributed by atoms with van der Waals surface area (Å²) in [5.74, 6) is -0.132. The third-order valence-electron chi connectivity index (χ3n) is 3.38. The van der Waals surface area contributed by atoms with E-state index in [0.717, 1.165) is 11.1 Å². The molecule has 2 aromatic heterocycles. The van der Waals surface area contributed by atoms with Gasteiger partial charge in [0.25, 0.3) is 5.71 Å². The molecule has 0 aliphatic carbocycles. The van der Waals surface area contributed by atoms with Gasteiger partial charge in [-0.15, -0.1) is 0 Å². The van der Waals surface area contributed by atoms with Crippen LogP contribution in [0.5, 0.6) is 0 Å². The van der Waals surface area contributed by atoms with Crippen LogP contribution in [0, 0.1) is 6.92 Å². The van der Waals surface area contributed by atoms with E-state index in [4.69, 9.17) is 9.26 Å². The molecule has 1 saturated heterocycles. The van der Waals surface area contributed by atoms with Crippen LogP contribution in [-0.4, -0.2) is 41.3 Å². The standard InChI is InChI=1S/C13H16N4O3/c1-7-10-5-9(6-15-13(10)20-17-7)16-12(18)11-8(2)19-4-3-14-11/h5-6,8,11,14H,3-4H2,1-2H3,(H,16,18)/t8-,11+/m1/s1. The molecule has 1 amide bonds. The molecule has 0 saturated carbocycles. The fourth-order valence-electron chi connectivity index (χ4n) is 2.26. The molecule has 2 atom stereocenters. The molecular formula is C13H16N4O3. The Morgan fingerprint density at radius 1 is 1.55 bits per heavy atom. The smallest absolute Gasteiger partial charge is 0.258 e. The van der Waals surface area contributed by atoms with E-state index in [-0.39, 0.29) is 18.1 Å². The zero-order valence-corrected chi connectivity index (χ0v) is 11.3. The van der Waals surface area contributed by atoms with Crippen molar-refractivity contribution in [1.82, 2.24) is 15.5 Å². The van der Waals surface area contributed by atoms with Crippen LogP contribution < -0.4 is 10.6 Å². The van der Waals surface area contributed by atoms with Gasteiger partial charge in [-0.3, -0.25) is 4.79 Å². The Hall–Kier alpha value is -1.99. The predicted molar refractivity (Wildman–Crippen MR) is 72.4 cm³/mol. The number of hydrogen-bond acceptors (Lipinski definition) is 6. The van der Waals surface area contributed by atoms with Crippen molar-refractivity contribution in [3.05, 3.63) is 18.0 Å². The predicted octanol–water partition coefficient (Wildman–Crippen LogP) is 0.847. The van der Waals surface area contributed by atoms with Gasteiger partial charge in [0.15, 0.2) is 0 Å². The van der Waals surface area contributed by atoms with Crippen LogP contribution in [-0.2, 0) is 9.53 Å². The van der Waals surface area contributed by atoms with Crippen LogP contribution in [0.25, 0.3) is 11.1 Å². The minimum Gasteiger partial charge on any atom is -0.375 e. The number of hydrogen-bond donors (Lipinski definition) is 2. The number of nitrogens with one attached hydrogen (secondary N) is 2. The zero-order valence-electron chi connectivity index (χ0n) is 11.3. The first kappa shape index (κ1) is 13.0. The lowest BCUT2D eigenvalue weighted by atomic mass is 10.1. The molecule has 2 aromatic rings. The number of carbonyl (C=O) groups is 1. The Balaban J connectivity index is 1.78. The van der Waals surface area contributed by atoms with Crippen LogP contribution in [0.2, 0.25) is 0 Å². The van der Waals surface area contributed by atoms with Gasteiger partial charge in [0, 0.05) is 6.54 Å². The maximum absolute atomic E-state index is 12.2. The highest BCUT2D eigenvalue weighted by Crippen LogP contribution is 2.19. The average Bonchev–Trinajstić information content (AvgIpc) is 2.81. The maximum atomic E-state index is 12.2. The first-order chi connectivity index (χ1) is 9.65. The number of morpholine rings is 1. The number of carbonyl (C=O) groups excluding carboxylic acids is 1. The number of fused-ring (bicyclic) bond motifs is 1. The Kier molecular flexibility index (Phi) is 3.37. The summed E-state index contributed by atoms with van der Waals surface area (Å²) < 4.78 is 10.5. The van der Waals surface area contributed by atoms with Crippen LogP contribution in [0.3, 0.4) is 0 Å². The molecular weight excluding hydrogens is 260 g/mol. The molecule has 7 nitrogen and oxygen atoms in total. The van der Waals surface area contributed by atoms with Crippen LogP contribution in [0.15, 0.2) is 16.8 Å². The third kappa shape index (κ3) is 2.37. The fourth-order valence-corrected chi connectivity index (χ4v) is 2.26. The van der Waals surface area contributed by atoms with Crippen LogP contribution >= 0.6 is 0 Å². The maximum Gasteiger partial charge on any atom is 0.258 e. The summed E-state index contributed by atoms with van der Waals surface area (Å²) >= 11 is 0. The molecule has 0 aromatic carbocycles. The van der Waals surface area contributed by atoms with Gasteiger partial charge in [-0.05, 0) is 19.9 Å². The SMILES string of the molecule is Cc1noc2ncc(NC(=O)[C@H]3NCCO[C@@H]3C)cc12.